The predicted octanol–water partition coefficient (Wildman–Crippen LogP) is 1.68. The molecule has 0 aromatic heterocycles. The maximum absolute atomic E-state index is 12.8. The summed E-state index contributed by atoms with van der Waals surface area (Å²) >= 11 is 0. The first-order chi connectivity index (χ1) is 9.48. The number of rotatable bonds is 5. The number of aliphatic hydroxyl groups excluding tert-OH is 1. The van der Waals surface area contributed by atoms with Crippen LogP contribution < -0.4 is 4.74 Å². The van der Waals surface area contributed by atoms with Gasteiger partial charge in [-0.3, -0.25) is 4.90 Å². The first-order valence-corrected chi connectivity index (χ1v) is 6.88. The Morgan fingerprint density at radius 2 is 2.10 bits per heavy atom. The van der Waals surface area contributed by atoms with Crippen molar-refractivity contribution in [2.24, 2.45) is 0 Å². The molecule has 2 rings (SSSR count). The topological polar surface area (TPSA) is 41.9 Å². The molecule has 0 spiro atoms. The third kappa shape index (κ3) is 4.44. The Labute approximate surface area is 119 Å². The molecule has 1 heterocycles. The minimum Gasteiger partial charge on any atom is -0.492 e. The lowest BCUT2D eigenvalue weighted by Gasteiger charge is -2.42. The minimum atomic E-state index is -0.266. The smallest absolute Gasteiger partial charge is 0.123 e. The highest BCUT2D eigenvalue weighted by Gasteiger charge is 2.32. The third-order valence-corrected chi connectivity index (χ3v) is 3.25. The molecule has 1 aliphatic heterocycles. The number of hydrogen-bond acceptors (Lipinski definition) is 4. The Balaban J connectivity index is 1.79. The van der Waals surface area contributed by atoms with Crippen molar-refractivity contribution in [1.82, 2.24) is 4.90 Å². The van der Waals surface area contributed by atoms with Crippen LogP contribution in [-0.4, -0.2) is 54.6 Å². The lowest BCUT2D eigenvalue weighted by Crippen LogP contribution is -2.54. The van der Waals surface area contributed by atoms with Gasteiger partial charge in [-0.2, -0.15) is 0 Å². The highest BCUT2D eigenvalue weighted by atomic mass is 19.1. The van der Waals surface area contributed by atoms with Crippen LogP contribution in [0.3, 0.4) is 0 Å². The summed E-state index contributed by atoms with van der Waals surface area (Å²) in [5, 5.41) is 9.25. The van der Waals surface area contributed by atoms with Crippen LogP contribution in [0.25, 0.3) is 0 Å². The number of aliphatic hydroxyl groups is 1. The number of benzene rings is 1. The van der Waals surface area contributed by atoms with E-state index in [0.717, 1.165) is 13.1 Å². The molecule has 4 nitrogen and oxygen atoms in total. The van der Waals surface area contributed by atoms with Gasteiger partial charge in [-0.05, 0) is 38.1 Å². The van der Waals surface area contributed by atoms with Crippen molar-refractivity contribution in [1.29, 1.82) is 0 Å². The molecule has 20 heavy (non-hydrogen) atoms. The molecule has 5 heteroatoms. The lowest BCUT2D eigenvalue weighted by atomic mass is 10.1. The van der Waals surface area contributed by atoms with Crippen molar-refractivity contribution in [3.63, 3.8) is 0 Å². The van der Waals surface area contributed by atoms with E-state index in [1.807, 2.05) is 13.8 Å². The van der Waals surface area contributed by atoms with E-state index in [1.165, 1.54) is 12.1 Å². The molecule has 1 saturated heterocycles. The summed E-state index contributed by atoms with van der Waals surface area (Å²) < 4.78 is 24.1. The molecule has 112 valence electrons. The Morgan fingerprint density at radius 3 is 2.75 bits per heavy atom. The molecule has 1 unspecified atom stereocenters. The second-order valence-corrected chi connectivity index (χ2v) is 5.72. The summed E-state index contributed by atoms with van der Waals surface area (Å²) in [7, 11) is 0. The highest BCUT2D eigenvalue weighted by molar-refractivity contribution is 5.21. The van der Waals surface area contributed by atoms with E-state index in [2.05, 4.69) is 4.90 Å². The summed E-state index contributed by atoms with van der Waals surface area (Å²) in [4.78, 5) is 2.22. The molecule has 1 atom stereocenters. The lowest BCUT2D eigenvalue weighted by molar-refractivity contribution is -0.149. The van der Waals surface area contributed by atoms with Gasteiger partial charge in [-0.25, -0.2) is 4.39 Å². The third-order valence-electron chi connectivity index (χ3n) is 3.25. The molecule has 0 aliphatic carbocycles. The molecule has 0 bridgehead atoms. The Morgan fingerprint density at radius 1 is 1.40 bits per heavy atom. The monoisotopic (exact) mass is 283 g/mol. The predicted molar refractivity (Wildman–Crippen MR) is 74.4 cm³/mol. The number of morpholine rings is 1. The van der Waals surface area contributed by atoms with E-state index in [0.29, 0.717) is 18.9 Å². The molecular formula is C15H22FNO3. The van der Waals surface area contributed by atoms with Gasteiger partial charge in [0, 0.05) is 19.6 Å². The summed E-state index contributed by atoms with van der Waals surface area (Å²) in [6.45, 7) is 6.84. The molecule has 1 aromatic rings. The van der Waals surface area contributed by atoms with Gasteiger partial charge in [-0.15, -0.1) is 0 Å². The van der Waals surface area contributed by atoms with Crippen molar-refractivity contribution in [3.05, 3.63) is 30.1 Å². The molecule has 0 radical (unpaired) electrons. The van der Waals surface area contributed by atoms with Gasteiger partial charge in [0.25, 0.3) is 0 Å². The average Bonchev–Trinajstić information content (AvgIpc) is 2.39. The van der Waals surface area contributed by atoms with Crippen molar-refractivity contribution < 1.29 is 19.0 Å². The van der Waals surface area contributed by atoms with Crippen molar-refractivity contribution in [3.8, 4) is 5.75 Å². The average molecular weight is 283 g/mol. The van der Waals surface area contributed by atoms with Crippen molar-refractivity contribution in [2.45, 2.75) is 25.6 Å². The van der Waals surface area contributed by atoms with E-state index >= 15 is 0 Å². The second kappa shape index (κ2) is 6.52. The van der Waals surface area contributed by atoms with E-state index in [9.17, 15) is 9.50 Å². The largest absolute Gasteiger partial charge is 0.492 e. The van der Waals surface area contributed by atoms with Gasteiger partial charge in [0.1, 0.15) is 18.2 Å². The van der Waals surface area contributed by atoms with Gasteiger partial charge in [0.15, 0.2) is 0 Å². The normalized spacial score (nSPS) is 22.7. The van der Waals surface area contributed by atoms with Crippen molar-refractivity contribution in [2.75, 3.05) is 32.8 Å². The summed E-state index contributed by atoms with van der Waals surface area (Å²) in [6.07, 6.45) is -0.149. The van der Waals surface area contributed by atoms with Gasteiger partial charge in [-0.1, -0.05) is 0 Å². The van der Waals surface area contributed by atoms with E-state index < -0.39 is 0 Å². The fourth-order valence-corrected chi connectivity index (χ4v) is 2.51. The quantitative estimate of drug-likeness (QED) is 0.892. The molecule has 1 N–H and O–H groups in total. The zero-order chi connectivity index (χ0) is 14.6. The van der Waals surface area contributed by atoms with Crippen LogP contribution in [0.5, 0.6) is 5.75 Å². The molecule has 1 aliphatic rings. The van der Waals surface area contributed by atoms with Gasteiger partial charge < -0.3 is 14.6 Å². The molecular weight excluding hydrogens is 261 g/mol. The van der Waals surface area contributed by atoms with Crippen LogP contribution in [-0.2, 0) is 4.74 Å². The maximum atomic E-state index is 12.8. The standard InChI is InChI=1S/C15H22FNO3/c1-15(2)11-17(9-14(10-18)20-15)7-8-19-13-5-3-12(16)4-6-13/h3-6,14,18H,7-11H2,1-2H3. The zero-order valence-electron chi connectivity index (χ0n) is 12.0. The summed E-state index contributed by atoms with van der Waals surface area (Å²) in [5.41, 5.74) is -0.262. The minimum absolute atomic E-state index is 0.0265. The van der Waals surface area contributed by atoms with Gasteiger partial charge >= 0.3 is 0 Å². The number of halogens is 1. The fourth-order valence-electron chi connectivity index (χ4n) is 2.51. The number of nitrogens with zero attached hydrogens (tertiary/aromatic N) is 1. The van der Waals surface area contributed by atoms with Crippen LogP contribution >= 0.6 is 0 Å². The second-order valence-electron chi connectivity index (χ2n) is 5.72. The maximum Gasteiger partial charge on any atom is 0.123 e. The SMILES string of the molecule is CC1(C)CN(CCOc2ccc(F)cc2)CC(CO)O1. The van der Waals surface area contributed by atoms with E-state index in [4.69, 9.17) is 9.47 Å². The van der Waals surface area contributed by atoms with Crippen LogP contribution in [0.4, 0.5) is 4.39 Å². The first kappa shape index (κ1) is 15.2. The molecule has 1 fully saturated rings. The van der Waals surface area contributed by atoms with Crippen LogP contribution in [0.1, 0.15) is 13.8 Å². The van der Waals surface area contributed by atoms with Crippen LogP contribution in [0, 0.1) is 5.82 Å². The summed E-state index contributed by atoms with van der Waals surface area (Å²) in [5.74, 6) is 0.399. The molecule has 0 amide bonds. The van der Waals surface area contributed by atoms with Gasteiger partial charge in [0.05, 0.1) is 18.3 Å². The highest BCUT2D eigenvalue weighted by Crippen LogP contribution is 2.20. The van der Waals surface area contributed by atoms with Crippen LogP contribution in [0.2, 0.25) is 0 Å². The summed E-state index contributed by atoms with van der Waals surface area (Å²) in [6, 6.07) is 6.01. The Hall–Kier alpha value is -1.17. The van der Waals surface area contributed by atoms with Crippen molar-refractivity contribution >= 4 is 0 Å². The Bertz CT molecular complexity index is 422. The fraction of sp³-hybridized carbons (Fsp3) is 0.600. The first-order valence-electron chi connectivity index (χ1n) is 6.88. The molecule has 1 aromatic carbocycles. The number of ether oxygens (including phenoxy) is 2. The zero-order valence-corrected chi connectivity index (χ0v) is 12.0. The Kier molecular flexibility index (Phi) is 4.96. The van der Waals surface area contributed by atoms with Gasteiger partial charge in [0.2, 0.25) is 0 Å². The van der Waals surface area contributed by atoms with E-state index in [1.54, 1.807) is 12.1 Å². The number of hydrogen-bond donors (Lipinski definition) is 1. The van der Waals surface area contributed by atoms with Crippen LogP contribution in [0.15, 0.2) is 24.3 Å². The molecule has 0 saturated carbocycles. The van der Waals surface area contributed by atoms with E-state index in [-0.39, 0.29) is 24.1 Å².